The summed E-state index contributed by atoms with van der Waals surface area (Å²) < 4.78 is 0. The van der Waals surface area contributed by atoms with Crippen molar-refractivity contribution in [3.63, 3.8) is 0 Å². The molecule has 0 aromatic heterocycles. The molecule has 0 aliphatic carbocycles. The van der Waals surface area contributed by atoms with Gasteiger partial charge >= 0.3 is 6.03 Å². The van der Waals surface area contributed by atoms with Crippen LogP contribution < -0.4 is 11.1 Å². The Morgan fingerprint density at radius 1 is 1.53 bits per heavy atom. The maximum atomic E-state index is 10.4. The summed E-state index contributed by atoms with van der Waals surface area (Å²) >= 11 is 5.99. The molecule has 82 valence electrons. The van der Waals surface area contributed by atoms with Crippen molar-refractivity contribution in [2.24, 2.45) is 5.73 Å². The van der Waals surface area contributed by atoms with E-state index in [0.717, 1.165) is 23.4 Å². The van der Waals surface area contributed by atoms with Crippen molar-refractivity contribution in [1.29, 1.82) is 0 Å². The topological polar surface area (TPSA) is 55.1 Å². The van der Waals surface area contributed by atoms with Gasteiger partial charge in [0.25, 0.3) is 0 Å². The lowest BCUT2D eigenvalue weighted by Crippen LogP contribution is -2.30. The second kappa shape index (κ2) is 5.61. The van der Waals surface area contributed by atoms with Gasteiger partial charge in [-0.15, -0.1) is 0 Å². The lowest BCUT2D eigenvalue weighted by molar-refractivity contribution is 0.249. The average molecular weight is 227 g/mol. The minimum atomic E-state index is -0.475. The highest BCUT2D eigenvalue weighted by Crippen LogP contribution is 2.17. The van der Waals surface area contributed by atoms with Gasteiger partial charge in [0.2, 0.25) is 0 Å². The van der Waals surface area contributed by atoms with E-state index in [-0.39, 0.29) is 0 Å². The summed E-state index contributed by atoms with van der Waals surface area (Å²) in [4.78, 5) is 10.4. The second-order valence-electron chi connectivity index (χ2n) is 3.48. The van der Waals surface area contributed by atoms with E-state index < -0.39 is 6.03 Å². The zero-order valence-corrected chi connectivity index (χ0v) is 9.47. The maximum absolute atomic E-state index is 10.4. The number of nitrogens with two attached hydrogens (primary N) is 1. The molecule has 0 atom stereocenters. The first-order valence-corrected chi connectivity index (χ1v) is 5.25. The van der Waals surface area contributed by atoms with Crippen LogP contribution in [-0.4, -0.2) is 12.6 Å². The van der Waals surface area contributed by atoms with Crippen molar-refractivity contribution in [1.82, 2.24) is 5.32 Å². The molecular weight excluding hydrogens is 212 g/mol. The van der Waals surface area contributed by atoms with Crippen molar-refractivity contribution >= 4 is 17.6 Å². The van der Waals surface area contributed by atoms with Gasteiger partial charge < -0.3 is 11.1 Å². The maximum Gasteiger partial charge on any atom is 0.312 e. The van der Waals surface area contributed by atoms with Crippen molar-refractivity contribution in [2.45, 2.75) is 19.8 Å². The lowest BCUT2D eigenvalue weighted by atomic mass is 10.1. The van der Waals surface area contributed by atoms with Gasteiger partial charge in [-0.25, -0.2) is 4.79 Å². The number of hydrogen-bond donors (Lipinski definition) is 2. The minimum Gasteiger partial charge on any atom is -0.352 e. The number of carbonyl (C=O) groups is 1. The molecule has 0 bridgehead atoms. The number of benzene rings is 1. The number of hydrogen-bond acceptors (Lipinski definition) is 1. The van der Waals surface area contributed by atoms with Crippen molar-refractivity contribution in [3.05, 3.63) is 34.3 Å². The van der Waals surface area contributed by atoms with E-state index in [2.05, 4.69) is 5.32 Å². The Bertz CT molecular complexity index is 352. The fourth-order valence-corrected chi connectivity index (χ4v) is 1.50. The summed E-state index contributed by atoms with van der Waals surface area (Å²) in [5.41, 5.74) is 7.20. The molecule has 0 radical (unpaired) electrons. The number of carbonyl (C=O) groups excluding carboxylic acids is 1. The van der Waals surface area contributed by atoms with Gasteiger partial charge in [-0.05, 0) is 37.0 Å². The molecule has 0 saturated carbocycles. The van der Waals surface area contributed by atoms with E-state index >= 15 is 0 Å². The largest absolute Gasteiger partial charge is 0.352 e. The number of urea groups is 1. The molecule has 1 rings (SSSR count). The summed E-state index contributed by atoms with van der Waals surface area (Å²) in [6.07, 6.45) is 1.75. The van der Waals surface area contributed by atoms with Crippen LogP contribution in [0.2, 0.25) is 5.02 Å². The first-order valence-electron chi connectivity index (χ1n) is 4.88. The Balaban J connectivity index is 2.38. The second-order valence-corrected chi connectivity index (χ2v) is 3.89. The summed E-state index contributed by atoms with van der Waals surface area (Å²) in [5.74, 6) is 0. The summed E-state index contributed by atoms with van der Waals surface area (Å²) in [7, 11) is 0. The molecule has 3 N–H and O–H groups in total. The van der Waals surface area contributed by atoms with Crippen molar-refractivity contribution in [2.75, 3.05) is 6.54 Å². The molecule has 1 aromatic rings. The van der Waals surface area contributed by atoms with E-state index in [9.17, 15) is 4.79 Å². The summed E-state index contributed by atoms with van der Waals surface area (Å²) in [6.45, 7) is 2.57. The van der Waals surface area contributed by atoms with Gasteiger partial charge in [0.05, 0.1) is 0 Å². The van der Waals surface area contributed by atoms with E-state index in [1.807, 2.05) is 25.1 Å². The minimum absolute atomic E-state index is 0.475. The van der Waals surface area contributed by atoms with Crippen LogP contribution in [0, 0.1) is 6.92 Å². The molecule has 0 aliphatic rings. The number of amides is 2. The lowest BCUT2D eigenvalue weighted by Gasteiger charge is -2.04. The van der Waals surface area contributed by atoms with Crippen molar-refractivity contribution in [3.8, 4) is 0 Å². The number of primary amides is 1. The van der Waals surface area contributed by atoms with E-state index in [1.165, 1.54) is 5.56 Å². The third-order valence-electron chi connectivity index (χ3n) is 2.18. The summed E-state index contributed by atoms with van der Waals surface area (Å²) in [5, 5.41) is 3.33. The van der Waals surface area contributed by atoms with Crippen LogP contribution in [0.5, 0.6) is 0 Å². The highest BCUT2D eigenvalue weighted by molar-refractivity contribution is 6.31. The molecule has 15 heavy (non-hydrogen) atoms. The van der Waals surface area contributed by atoms with E-state index in [4.69, 9.17) is 17.3 Å². The Morgan fingerprint density at radius 2 is 2.27 bits per heavy atom. The van der Waals surface area contributed by atoms with Gasteiger partial charge in [-0.3, -0.25) is 0 Å². The zero-order valence-electron chi connectivity index (χ0n) is 8.72. The van der Waals surface area contributed by atoms with E-state index in [0.29, 0.717) is 6.54 Å². The Labute approximate surface area is 94.6 Å². The summed E-state index contributed by atoms with van der Waals surface area (Å²) in [6, 6.07) is 5.53. The smallest absolute Gasteiger partial charge is 0.312 e. The molecule has 1 aromatic carbocycles. The molecule has 0 aliphatic heterocycles. The highest BCUT2D eigenvalue weighted by atomic mass is 35.5. The first-order chi connectivity index (χ1) is 7.09. The van der Waals surface area contributed by atoms with Gasteiger partial charge in [-0.2, -0.15) is 0 Å². The standard InChI is InChI=1S/C11H15ClN2O/c1-8-4-5-9(7-10(8)12)3-2-6-14-11(13)15/h4-5,7H,2-3,6H2,1H3,(H3,13,14,15). The monoisotopic (exact) mass is 226 g/mol. The number of rotatable bonds is 4. The van der Waals surface area contributed by atoms with Crippen LogP contribution in [0.15, 0.2) is 18.2 Å². The fraction of sp³-hybridized carbons (Fsp3) is 0.364. The SMILES string of the molecule is Cc1ccc(CCCNC(N)=O)cc1Cl. The number of halogens is 1. The number of aryl methyl sites for hydroxylation is 2. The Hall–Kier alpha value is -1.22. The molecule has 0 heterocycles. The van der Waals surface area contributed by atoms with Crippen LogP contribution in [0.25, 0.3) is 0 Å². The number of nitrogens with one attached hydrogen (secondary N) is 1. The predicted octanol–water partition coefficient (Wildman–Crippen LogP) is 2.25. The van der Waals surface area contributed by atoms with Crippen LogP contribution in [0.4, 0.5) is 4.79 Å². The van der Waals surface area contributed by atoms with Crippen LogP contribution in [0.1, 0.15) is 17.5 Å². The molecule has 0 fully saturated rings. The normalized spacial score (nSPS) is 10.0. The van der Waals surface area contributed by atoms with Crippen LogP contribution in [0.3, 0.4) is 0 Å². The molecule has 0 saturated heterocycles. The van der Waals surface area contributed by atoms with Gasteiger partial charge in [0.15, 0.2) is 0 Å². The third kappa shape index (κ3) is 4.21. The molecule has 3 nitrogen and oxygen atoms in total. The Kier molecular flexibility index (Phi) is 4.43. The first kappa shape index (κ1) is 11.9. The fourth-order valence-electron chi connectivity index (χ4n) is 1.30. The predicted molar refractivity (Wildman–Crippen MR) is 62.1 cm³/mol. The van der Waals surface area contributed by atoms with Gasteiger partial charge in [0.1, 0.15) is 0 Å². The molecular formula is C11H15ClN2O. The van der Waals surface area contributed by atoms with E-state index in [1.54, 1.807) is 0 Å². The Morgan fingerprint density at radius 3 is 2.87 bits per heavy atom. The van der Waals surface area contributed by atoms with Crippen LogP contribution >= 0.6 is 11.6 Å². The van der Waals surface area contributed by atoms with Gasteiger partial charge in [0, 0.05) is 11.6 Å². The molecule has 0 unspecified atom stereocenters. The molecule has 4 heteroatoms. The average Bonchev–Trinajstić information content (AvgIpc) is 2.18. The van der Waals surface area contributed by atoms with Gasteiger partial charge in [-0.1, -0.05) is 23.7 Å². The highest BCUT2D eigenvalue weighted by Gasteiger charge is 1.98. The van der Waals surface area contributed by atoms with Crippen LogP contribution in [-0.2, 0) is 6.42 Å². The quantitative estimate of drug-likeness (QED) is 0.761. The third-order valence-corrected chi connectivity index (χ3v) is 2.58. The molecule has 2 amide bonds. The molecule has 0 spiro atoms. The zero-order chi connectivity index (χ0) is 11.3. The van der Waals surface area contributed by atoms with Crippen molar-refractivity contribution < 1.29 is 4.79 Å².